The molecule has 1 atom stereocenters. The summed E-state index contributed by atoms with van der Waals surface area (Å²) < 4.78 is 9.62. The molecule has 8 aromatic carbocycles. The molecule has 0 bridgehead atoms. The zero-order valence-corrected chi connectivity index (χ0v) is 31.1. The third-order valence-electron chi connectivity index (χ3n) is 12.0. The second kappa shape index (κ2) is 11.8. The highest BCUT2D eigenvalue weighted by Crippen LogP contribution is 2.63. The molecule has 0 N–H and O–H groups in total. The number of hydrogen-bond donors (Lipinski definition) is 0. The number of hydrogen-bond acceptors (Lipinski definition) is 4. The molecule has 12 rings (SSSR count). The molecular formula is C52H32N2OS. The molecule has 262 valence electrons. The predicted molar refractivity (Wildman–Crippen MR) is 232 cm³/mol. The van der Waals surface area contributed by atoms with Crippen LogP contribution in [0.4, 0.5) is 0 Å². The molecule has 0 saturated heterocycles. The van der Waals surface area contributed by atoms with Crippen LogP contribution in [0.25, 0.3) is 42.1 Å². The maximum absolute atomic E-state index is 7.10. The van der Waals surface area contributed by atoms with Crippen molar-refractivity contribution in [2.24, 2.45) is 9.98 Å². The van der Waals surface area contributed by atoms with E-state index in [1.807, 2.05) is 17.4 Å². The summed E-state index contributed by atoms with van der Waals surface area (Å²) in [4.78, 5) is 10.9. The topological polar surface area (TPSA) is 34.0 Å². The maximum Gasteiger partial charge on any atom is 0.156 e. The molecule has 1 spiro atoms. The lowest BCUT2D eigenvalue weighted by atomic mass is 9.65. The van der Waals surface area contributed by atoms with Gasteiger partial charge in [-0.05, 0) is 63.4 Å². The van der Waals surface area contributed by atoms with E-state index in [2.05, 4.69) is 170 Å². The summed E-state index contributed by atoms with van der Waals surface area (Å²) in [6.07, 6.45) is 0. The summed E-state index contributed by atoms with van der Waals surface area (Å²) >= 11 is 1.83. The largest absolute Gasteiger partial charge is 0.456 e. The summed E-state index contributed by atoms with van der Waals surface area (Å²) in [5.41, 5.74) is 11.3. The molecule has 9 aromatic rings. The summed E-state index contributed by atoms with van der Waals surface area (Å²) in [7, 11) is 0. The first-order valence-corrected chi connectivity index (χ1v) is 19.9. The average molecular weight is 733 g/mol. The molecule has 1 aromatic heterocycles. The zero-order chi connectivity index (χ0) is 37.0. The smallest absolute Gasteiger partial charge is 0.156 e. The Morgan fingerprint density at radius 3 is 2.05 bits per heavy atom. The molecule has 3 heterocycles. The lowest BCUT2D eigenvalue weighted by Crippen LogP contribution is -2.33. The number of ether oxygens (including phenoxy) is 1. The van der Waals surface area contributed by atoms with E-state index in [0.29, 0.717) is 5.84 Å². The Kier molecular flexibility index (Phi) is 6.64. The van der Waals surface area contributed by atoms with E-state index in [4.69, 9.17) is 21.3 Å². The standard InChI is InChI=1S/C52H32N2OS/c1-31-48(33-15-3-2-4-16-33)53-51(34-27-28-45-39(30-34)47-35-17-6-5-14-32(35)26-29-46(47)56-45)54-49(31)38-20-13-24-43-50(38)55-44-25-12-11-23-42(44)52(43)40-21-9-7-18-36(40)37-19-8-10-22-41(37)52/h2-30,49H,1H2. The Morgan fingerprint density at radius 2 is 1.23 bits per heavy atom. The number of nitrogens with zero attached hydrogens (tertiary/aromatic N) is 2. The Hall–Kier alpha value is -6.88. The molecule has 0 saturated carbocycles. The van der Waals surface area contributed by atoms with Crippen molar-refractivity contribution in [2.45, 2.75) is 11.5 Å². The average Bonchev–Trinajstić information content (AvgIpc) is 3.78. The van der Waals surface area contributed by atoms with Crippen molar-refractivity contribution in [2.75, 3.05) is 0 Å². The van der Waals surface area contributed by atoms with Crippen LogP contribution in [0.15, 0.2) is 198 Å². The normalized spacial score (nSPS) is 16.2. The van der Waals surface area contributed by atoms with Gasteiger partial charge in [-0.15, -0.1) is 11.3 Å². The van der Waals surface area contributed by atoms with Gasteiger partial charge in [-0.2, -0.15) is 0 Å². The van der Waals surface area contributed by atoms with E-state index in [0.717, 1.165) is 50.6 Å². The number of aliphatic imine (C=N–C) groups is 2. The molecule has 1 aliphatic carbocycles. The summed E-state index contributed by atoms with van der Waals surface area (Å²) in [5, 5.41) is 5.00. The molecule has 3 aliphatic rings. The Labute approximate surface area is 328 Å². The molecule has 2 aliphatic heterocycles. The van der Waals surface area contributed by atoms with E-state index >= 15 is 0 Å². The van der Waals surface area contributed by atoms with Gasteiger partial charge in [0.15, 0.2) is 5.84 Å². The van der Waals surface area contributed by atoms with Crippen LogP contribution in [0.2, 0.25) is 0 Å². The van der Waals surface area contributed by atoms with Crippen LogP contribution >= 0.6 is 11.3 Å². The summed E-state index contributed by atoms with van der Waals surface area (Å²) in [6.45, 7) is 4.74. The SMILES string of the molecule is C=C1C(c2ccccc2)=NC(c2ccc3sc4ccc5ccccc5c4c3c2)=NC1c1cccc2c1Oc1ccccc1C21c2ccccc2-c2ccccc21. The number of rotatable bonds is 3. The Balaban J connectivity index is 1.10. The van der Waals surface area contributed by atoms with Crippen molar-refractivity contribution >= 4 is 53.8 Å². The first-order chi connectivity index (χ1) is 27.7. The first-order valence-electron chi connectivity index (χ1n) is 19.0. The van der Waals surface area contributed by atoms with Crippen LogP contribution in [-0.4, -0.2) is 11.5 Å². The number of amidine groups is 1. The number of para-hydroxylation sites is 2. The van der Waals surface area contributed by atoms with Crippen LogP contribution in [0.3, 0.4) is 0 Å². The number of fused-ring (bicyclic) bond motifs is 14. The molecule has 0 radical (unpaired) electrons. The lowest BCUT2D eigenvalue weighted by molar-refractivity contribution is 0.429. The molecule has 0 fully saturated rings. The van der Waals surface area contributed by atoms with E-state index in [1.165, 1.54) is 53.2 Å². The van der Waals surface area contributed by atoms with Gasteiger partial charge in [-0.1, -0.05) is 152 Å². The molecule has 56 heavy (non-hydrogen) atoms. The second-order valence-electron chi connectivity index (χ2n) is 14.8. The van der Waals surface area contributed by atoms with Gasteiger partial charge < -0.3 is 4.74 Å². The van der Waals surface area contributed by atoms with Gasteiger partial charge in [0.25, 0.3) is 0 Å². The summed E-state index contributed by atoms with van der Waals surface area (Å²) in [5.74, 6) is 2.36. The van der Waals surface area contributed by atoms with Crippen molar-refractivity contribution in [3.05, 3.63) is 227 Å². The zero-order valence-electron chi connectivity index (χ0n) is 30.2. The highest BCUT2D eigenvalue weighted by Gasteiger charge is 2.51. The van der Waals surface area contributed by atoms with Crippen LogP contribution in [0.5, 0.6) is 11.5 Å². The highest BCUT2D eigenvalue weighted by atomic mass is 32.1. The van der Waals surface area contributed by atoms with Gasteiger partial charge in [0.1, 0.15) is 17.5 Å². The summed E-state index contributed by atoms with van der Waals surface area (Å²) in [6, 6.07) is 62.5. The van der Waals surface area contributed by atoms with E-state index in [-0.39, 0.29) is 0 Å². The van der Waals surface area contributed by atoms with Crippen molar-refractivity contribution < 1.29 is 4.74 Å². The van der Waals surface area contributed by atoms with E-state index < -0.39 is 11.5 Å². The minimum absolute atomic E-state index is 0.447. The van der Waals surface area contributed by atoms with Gasteiger partial charge in [-0.3, -0.25) is 4.99 Å². The third-order valence-corrected chi connectivity index (χ3v) is 13.1. The number of benzene rings is 8. The van der Waals surface area contributed by atoms with Crippen molar-refractivity contribution in [1.29, 1.82) is 0 Å². The minimum Gasteiger partial charge on any atom is -0.456 e. The monoisotopic (exact) mass is 732 g/mol. The van der Waals surface area contributed by atoms with Gasteiger partial charge >= 0.3 is 0 Å². The van der Waals surface area contributed by atoms with Crippen LogP contribution < -0.4 is 4.74 Å². The predicted octanol–water partition coefficient (Wildman–Crippen LogP) is 13.2. The van der Waals surface area contributed by atoms with Crippen LogP contribution in [0.1, 0.15) is 45.0 Å². The fraction of sp³-hybridized carbons (Fsp3) is 0.0385. The molecule has 0 amide bonds. The fourth-order valence-electron chi connectivity index (χ4n) is 9.58. The van der Waals surface area contributed by atoms with Gasteiger partial charge in [-0.25, -0.2) is 4.99 Å². The first kappa shape index (κ1) is 31.5. The lowest BCUT2D eigenvalue weighted by Gasteiger charge is -2.40. The fourth-order valence-corrected chi connectivity index (χ4v) is 10.7. The van der Waals surface area contributed by atoms with Crippen molar-refractivity contribution in [1.82, 2.24) is 0 Å². The number of thiophene rings is 1. The highest BCUT2D eigenvalue weighted by molar-refractivity contribution is 7.26. The third kappa shape index (κ3) is 4.27. The van der Waals surface area contributed by atoms with Gasteiger partial charge in [0, 0.05) is 53.6 Å². The molecule has 4 heteroatoms. The van der Waals surface area contributed by atoms with Crippen molar-refractivity contribution in [3.63, 3.8) is 0 Å². The van der Waals surface area contributed by atoms with E-state index in [9.17, 15) is 0 Å². The van der Waals surface area contributed by atoms with Crippen LogP contribution in [0, 0.1) is 0 Å². The van der Waals surface area contributed by atoms with E-state index in [1.54, 1.807) is 0 Å². The second-order valence-corrected chi connectivity index (χ2v) is 15.9. The van der Waals surface area contributed by atoms with Gasteiger partial charge in [0.05, 0.1) is 11.1 Å². The van der Waals surface area contributed by atoms with Gasteiger partial charge in [0.2, 0.25) is 0 Å². The molecular weight excluding hydrogens is 701 g/mol. The maximum atomic E-state index is 7.10. The van der Waals surface area contributed by atoms with Crippen LogP contribution in [-0.2, 0) is 5.41 Å². The molecule has 3 nitrogen and oxygen atoms in total. The minimum atomic E-state index is -0.569. The van der Waals surface area contributed by atoms with Crippen molar-refractivity contribution in [3.8, 4) is 22.6 Å². The Bertz CT molecular complexity index is 3160. The Morgan fingerprint density at radius 1 is 0.554 bits per heavy atom. The molecule has 1 unspecified atom stereocenters. The quantitative estimate of drug-likeness (QED) is 0.178.